The van der Waals surface area contributed by atoms with E-state index in [0.717, 1.165) is 42.4 Å². The van der Waals surface area contributed by atoms with Crippen molar-refractivity contribution in [3.63, 3.8) is 0 Å². The zero-order valence-corrected chi connectivity index (χ0v) is 21.0. The van der Waals surface area contributed by atoms with Crippen molar-refractivity contribution in [2.24, 2.45) is 0 Å². The van der Waals surface area contributed by atoms with Gasteiger partial charge in [0.05, 0.1) is 79.3 Å². The van der Waals surface area contributed by atoms with E-state index in [9.17, 15) is 0 Å². The van der Waals surface area contributed by atoms with E-state index in [1.807, 2.05) is 0 Å². The number of quaternary nitrogens is 1. The first-order valence-electron chi connectivity index (χ1n) is 10.6. The Hall–Kier alpha value is 0.770. The van der Waals surface area contributed by atoms with Gasteiger partial charge in [-0.2, -0.15) is 0 Å². The molecular weight excluding hydrogens is 427 g/mol. The maximum Gasteiger partial charge on any atom is 1.00 e. The predicted molar refractivity (Wildman–Crippen MR) is 127 cm³/mol. The van der Waals surface area contributed by atoms with Crippen LogP contribution in [0.2, 0.25) is 0 Å². The van der Waals surface area contributed by atoms with Gasteiger partial charge in [-0.05, 0) is 25.7 Å². The van der Waals surface area contributed by atoms with E-state index in [1.165, 1.54) is 25.7 Å². The van der Waals surface area contributed by atoms with Crippen molar-refractivity contribution in [2.45, 2.75) is 25.7 Å². The normalized spacial score (nSPS) is 21.6. The van der Waals surface area contributed by atoms with E-state index < -0.39 is 0 Å². The Morgan fingerprint density at radius 3 is 0.531 bits per heavy atom. The van der Waals surface area contributed by atoms with Gasteiger partial charge in [-0.25, -0.2) is 0 Å². The molecule has 0 unspecified atom stereocenters. The van der Waals surface area contributed by atoms with Crippen LogP contribution in [0.5, 0.6) is 0 Å². The van der Waals surface area contributed by atoms with Gasteiger partial charge in [0.25, 0.3) is 0 Å². The second-order valence-electron chi connectivity index (χ2n) is 6.31. The molecule has 3 rings (SSSR count). The van der Waals surface area contributed by atoms with Crippen LogP contribution >= 0.6 is 0 Å². The molecule has 0 spiro atoms. The molecule has 0 atom stereocenters. The largest absolute Gasteiger partial charge is 1.00 e. The molecule has 9 nitrogen and oxygen atoms in total. The van der Waals surface area contributed by atoms with Crippen LogP contribution in [0.4, 0.5) is 0 Å². The Balaban J connectivity index is 0. The van der Waals surface area contributed by atoms with E-state index in [1.54, 1.807) is 0 Å². The molecule has 188 valence electrons. The molecule has 3 heterocycles. The third kappa shape index (κ3) is 32.9. The fraction of sp³-hybridized carbons (Fsp3) is 1.00. The van der Waals surface area contributed by atoms with E-state index in [-0.39, 0.29) is 29.6 Å². The number of hydrogen-bond acceptors (Lipinski definition) is 8. The number of rotatable bonds is 0. The summed E-state index contributed by atoms with van der Waals surface area (Å²) in [6.07, 6.45) is 5.11. The van der Waals surface area contributed by atoms with Crippen LogP contribution in [0, 0.1) is 0 Å². The maximum absolute atomic E-state index is 5.33. The minimum Gasteiger partial charge on any atom is -0.757 e. The molecule has 0 radical (unpaired) electrons. The third-order valence-corrected chi connectivity index (χ3v) is 3.89. The summed E-state index contributed by atoms with van der Waals surface area (Å²) >= 11 is 0. The minimum atomic E-state index is 0. The van der Waals surface area contributed by atoms with Gasteiger partial charge in [0, 0.05) is 26.4 Å². The van der Waals surface area contributed by atoms with Crippen molar-refractivity contribution in [3.05, 3.63) is 0 Å². The first kappa shape index (κ1) is 34.9. The smallest absolute Gasteiger partial charge is 0.757 e. The summed E-state index contributed by atoms with van der Waals surface area (Å²) in [6, 6.07) is 0. The molecule has 0 aromatic rings. The second-order valence-corrected chi connectivity index (χ2v) is 6.31. The molecule has 3 fully saturated rings. The molecule has 2 N–H and O–H groups in total. The SMILES string of the molecule is C1CCOC1.C1CCOC1.C1COCCOCCOCCOCCOCCO1.[BH3-][NH2+][BH3-].[Na+]. The van der Waals surface area contributed by atoms with Crippen molar-refractivity contribution in [1.82, 2.24) is 0 Å². The Labute approximate surface area is 219 Å². The molecule has 3 saturated heterocycles. The number of hydrogen-bond donors (Lipinski definition) is 1. The average molecular weight is 475 g/mol. The Kier molecular flexibility index (Phi) is 37.1. The van der Waals surface area contributed by atoms with Gasteiger partial charge >= 0.3 is 29.6 Å². The summed E-state index contributed by atoms with van der Waals surface area (Å²) in [5.41, 5.74) is 0. The molecule has 0 aromatic heterocycles. The second kappa shape index (κ2) is 33.9. The summed E-state index contributed by atoms with van der Waals surface area (Å²) in [5, 5.41) is 2.50. The van der Waals surface area contributed by atoms with Crippen LogP contribution in [0.15, 0.2) is 0 Å². The molecule has 12 heteroatoms. The van der Waals surface area contributed by atoms with Crippen molar-refractivity contribution in [1.29, 1.82) is 0 Å². The summed E-state index contributed by atoms with van der Waals surface area (Å²) in [7, 11) is 1.50. The van der Waals surface area contributed by atoms with E-state index in [2.05, 4.69) is 5.14 Å². The van der Waals surface area contributed by atoms with Crippen LogP contribution in [0.25, 0.3) is 0 Å². The Morgan fingerprint density at radius 1 is 0.312 bits per heavy atom. The molecule has 0 aromatic carbocycles. The zero-order valence-electron chi connectivity index (χ0n) is 19.0. The fourth-order valence-corrected chi connectivity index (χ4v) is 2.34. The molecule has 0 aliphatic carbocycles. The summed E-state index contributed by atoms with van der Waals surface area (Å²) < 4.78 is 41.9. The maximum atomic E-state index is 5.33. The standard InChI is InChI=1S/C12H24O6.2C4H8O.B2H8N.Na/c1-2-14-5-6-16-9-10-18-12-11-17-8-7-15-4-3-13-1;2*1-2-4-5-3-1;1-3-2;/h1-12H2;2*1-4H2;3H2,1-2H3;/q;;;-1;+1. The summed E-state index contributed by atoms with van der Waals surface area (Å²) in [5.74, 6) is 0. The van der Waals surface area contributed by atoms with Crippen LogP contribution in [0.3, 0.4) is 0 Å². The van der Waals surface area contributed by atoms with Crippen molar-refractivity contribution >= 4 is 16.0 Å². The van der Waals surface area contributed by atoms with Gasteiger partial charge in [-0.15, -0.1) is 0 Å². The van der Waals surface area contributed by atoms with Crippen LogP contribution in [0.1, 0.15) is 25.7 Å². The summed E-state index contributed by atoms with van der Waals surface area (Å²) in [4.78, 5) is 0. The first-order valence-corrected chi connectivity index (χ1v) is 10.6. The topological polar surface area (TPSA) is 90.5 Å². The van der Waals surface area contributed by atoms with Gasteiger partial charge in [-0.1, -0.05) is 0 Å². The van der Waals surface area contributed by atoms with Crippen LogP contribution in [-0.2, 0) is 37.9 Å². The number of ether oxygens (including phenoxy) is 8. The molecular formula is C20H48B2NNaO8. The van der Waals surface area contributed by atoms with Gasteiger partial charge < -0.3 is 43.0 Å². The van der Waals surface area contributed by atoms with Crippen molar-refractivity contribution < 1.29 is 72.6 Å². The van der Waals surface area contributed by atoms with Gasteiger partial charge in [0.15, 0.2) is 0 Å². The summed E-state index contributed by atoms with van der Waals surface area (Å²) in [6.45, 7) is 11.0. The van der Waals surface area contributed by atoms with Crippen LogP contribution in [-0.4, -0.2) is 122 Å². The monoisotopic (exact) mass is 475 g/mol. The Morgan fingerprint density at radius 2 is 0.438 bits per heavy atom. The molecule has 0 bridgehead atoms. The fourth-order valence-electron chi connectivity index (χ4n) is 2.34. The molecule has 3 aliphatic heterocycles. The molecule has 32 heavy (non-hydrogen) atoms. The predicted octanol–water partition coefficient (Wildman–Crippen LogP) is -5.19. The number of nitrogens with two attached hydrogens (primary N) is 1. The molecule has 0 amide bonds. The van der Waals surface area contributed by atoms with E-state index in [4.69, 9.17) is 37.9 Å². The zero-order chi connectivity index (χ0) is 22.5. The average Bonchev–Trinajstić information content (AvgIpc) is 3.53. The van der Waals surface area contributed by atoms with Crippen molar-refractivity contribution in [2.75, 3.05) is 106 Å². The van der Waals surface area contributed by atoms with Gasteiger partial charge in [0.2, 0.25) is 0 Å². The Bertz CT molecular complexity index is 221. The minimum absolute atomic E-state index is 0. The quantitative estimate of drug-likeness (QED) is 0.348. The van der Waals surface area contributed by atoms with Crippen LogP contribution < -0.4 is 34.7 Å². The first-order chi connectivity index (χ1) is 15.4. The van der Waals surface area contributed by atoms with Gasteiger partial charge in [-0.3, -0.25) is 0 Å². The van der Waals surface area contributed by atoms with Crippen molar-refractivity contribution in [3.8, 4) is 0 Å². The van der Waals surface area contributed by atoms with E-state index >= 15 is 0 Å². The van der Waals surface area contributed by atoms with E-state index in [0.29, 0.717) is 79.3 Å². The molecule has 0 saturated carbocycles. The van der Waals surface area contributed by atoms with Gasteiger partial charge in [0.1, 0.15) is 16.0 Å². The third-order valence-electron chi connectivity index (χ3n) is 3.89. The molecule has 3 aliphatic rings.